The van der Waals surface area contributed by atoms with Gasteiger partial charge in [-0.25, -0.2) is 4.98 Å². The first-order valence-electron chi connectivity index (χ1n) is 5.34. The summed E-state index contributed by atoms with van der Waals surface area (Å²) in [6, 6.07) is 3.85. The Balaban J connectivity index is 2.28. The van der Waals surface area contributed by atoms with E-state index in [2.05, 4.69) is 4.98 Å². The predicted octanol–water partition coefficient (Wildman–Crippen LogP) is 3.81. The lowest BCUT2D eigenvalue weighted by Gasteiger charge is -2.00. The van der Waals surface area contributed by atoms with Gasteiger partial charge >= 0.3 is 0 Å². The normalized spacial score (nSPS) is 11.0. The van der Waals surface area contributed by atoms with Crippen LogP contribution in [0.2, 0.25) is 0 Å². The van der Waals surface area contributed by atoms with Crippen LogP contribution in [0.25, 0.3) is 9.88 Å². The summed E-state index contributed by atoms with van der Waals surface area (Å²) < 4.78 is 0. The molecule has 0 saturated heterocycles. The number of carbonyl (C=O) groups excluding carboxylic acids is 1. The third-order valence-corrected chi connectivity index (χ3v) is 4.31. The number of ketones is 1. The molecule has 0 fully saturated rings. The number of hydrogen-bond donors (Lipinski definition) is 1. The third-order valence-electron chi connectivity index (χ3n) is 2.19. The zero-order chi connectivity index (χ0) is 12.4. The molecule has 0 unspecified atom stereocenters. The van der Waals surface area contributed by atoms with Gasteiger partial charge in [-0.1, -0.05) is 19.9 Å². The van der Waals surface area contributed by atoms with E-state index in [4.69, 9.17) is 0 Å². The highest BCUT2D eigenvalue weighted by molar-refractivity contribution is 7.22. The Morgan fingerprint density at radius 2 is 2.29 bits per heavy atom. The number of carbonyl (C=O) groups is 1. The van der Waals surface area contributed by atoms with E-state index in [1.165, 1.54) is 11.3 Å². The lowest BCUT2D eigenvalue weighted by molar-refractivity contribution is 0.0969. The fourth-order valence-electron chi connectivity index (χ4n) is 1.46. The van der Waals surface area contributed by atoms with Crippen molar-refractivity contribution in [1.82, 2.24) is 4.98 Å². The van der Waals surface area contributed by atoms with Crippen LogP contribution < -0.4 is 0 Å². The molecule has 0 aliphatic rings. The maximum atomic E-state index is 11.9. The lowest BCUT2D eigenvalue weighted by atomic mass is 10.1. The molecule has 0 aromatic carbocycles. The summed E-state index contributed by atoms with van der Waals surface area (Å²) in [5.74, 6) is 0.121. The number of hydrogen-bond acceptors (Lipinski definition) is 5. The zero-order valence-corrected chi connectivity index (χ0v) is 11.3. The molecule has 0 aliphatic heterocycles. The lowest BCUT2D eigenvalue weighted by Crippen LogP contribution is -2.01. The Morgan fingerprint density at radius 1 is 1.53 bits per heavy atom. The Kier molecular flexibility index (Phi) is 3.59. The van der Waals surface area contributed by atoms with Crippen LogP contribution in [0, 0.1) is 5.92 Å². The van der Waals surface area contributed by atoms with Gasteiger partial charge in [-0.05, 0) is 17.4 Å². The van der Waals surface area contributed by atoms with Crippen LogP contribution in [0.4, 0.5) is 0 Å². The van der Waals surface area contributed by atoms with Crippen molar-refractivity contribution in [3.63, 3.8) is 0 Å². The minimum atomic E-state index is -0.135. The molecule has 90 valence electrons. The Labute approximate surface area is 108 Å². The van der Waals surface area contributed by atoms with E-state index in [0.29, 0.717) is 16.3 Å². The van der Waals surface area contributed by atoms with Crippen molar-refractivity contribution in [1.29, 1.82) is 0 Å². The molecule has 2 heterocycles. The predicted molar refractivity (Wildman–Crippen MR) is 70.9 cm³/mol. The fourth-order valence-corrected chi connectivity index (χ4v) is 3.17. The van der Waals surface area contributed by atoms with Gasteiger partial charge in [0.05, 0.1) is 4.88 Å². The second-order valence-corrected chi connectivity index (χ2v) is 6.12. The SMILES string of the molecule is CC(C)CC(=O)c1sc(-c2cccs2)nc1O. The Hall–Kier alpha value is -1.20. The van der Waals surface area contributed by atoms with Crippen molar-refractivity contribution in [2.24, 2.45) is 5.92 Å². The zero-order valence-electron chi connectivity index (χ0n) is 9.64. The largest absolute Gasteiger partial charge is 0.492 e. The van der Waals surface area contributed by atoms with E-state index in [9.17, 15) is 9.90 Å². The first kappa shape index (κ1) is 12.3. The number of thiophene rings is 1. The summed E-state index contributed by atoms with van der Waals surface area (Å²) >= 11 is 2.82. The molecule has 3 nitrogen and oxygen atoms in total. The molecule has 2 aromatic heterocycles. The summed E-state index contributed by atoms with van der Waals surface area (Å²) in [5.41, 5.74) is 0. The topological polar surface area (TPSA) is 50.2 Å². The summed E-state index contributed by atoms with van der Waals surface area (Å²) in [6.45, 7) is 3.96. The standard InChI is InChI=1S/C12H13NO2S2/c1-7(2)6-8(14)10-11(15)13-12(17-10)9-4-3-5-16-9/h3-5,7,15H,6H2,1-2H3. The van der Waals surface area contributed by atoms with Gasteiger partial charge in [-0.15, -0.1) is 22.7 Å². The molecule has 0 bridgehead atoms. The smallest absolute Gasteiger partial charge is 0.233 e. The number of thiazole rings is 1. The maximum absolute atomic E-state index is 11.9. The van der Waals surface area contributed by atoms with E-state index in [-0.39, 0.29) is 17.6 Å². The van der Waals surface area contributed by atoms with Gasteiger partial charge in [0.1, 0.15) is 9.88 Å². The monoisotopic (exact) mass is 267 g/mol. The Morgan fingerprint density at radius 3 is 2.88 bits per heavy atom. The van der Waals surface area contributed by atoms with Gasteiger partial charge in [0.15, 0.2) is 5.78 Å². The van der Waals surface area contributed by atoms with Crippen molar-refractivity contribution in [2.75, 3.05) is 0 Å². The number of nitrogens with zero attached hydrogens (tertiary/aromatic N) is 1. The van der Waals surface area contributed by atoms with E-state index < -0.39 is 0 Å². The van der Waals surface area contributed by atoms with Crippen molar-refractivity contribution >= 4 is 28.5 Å². The van der Waals surface area contributed by atoms with Gasteiger partial charge in [-0.3, -0.25) is 4.79 Å². The second kappa shape index (κ2) is 4.98. The molecule has 2 aromatic rings. The minimum Gasteiger partial charge on any atom is -0.492 e. The quantitative estimate of drug-likeness (QED) is 0.857. The molecule has 0 atom stereocenters. The van der Waals surface area contributed by atoms with E-state index in [1.54, 1.807) is 11.3 Å². The second-order valence-electron chi connectivity index (χ2n) is 4.17. The number of rotatable bonds is 4. The van der Waals surface area contributed by atoms with Gasteiger partial charge in [-0.2, -0.15) is 0 Å². The van der Waals surface area contributed by atoms with Crippen LogP contribution >= 0.6 is 22.7 Å². The summed E-state index contributed by atoms with van der Waals surface area (Å²) in [5, 5.41) is 12.4. The molecule has 17 heavy (non-hydrogen) atoms. The minimum absolute atomic E-state index is 0.0298. The van der Waals surface area contributed by atoms with Crippen LogP contribution in [0.15, 0.2) is 17.5 Å². The molecule has 0 aliphatic carbocycles. The average molecular weight is 267 g/mol. The highest BCUT2D eigenvalue weighted by Crippen LogP contribution is 2.35. The molecule has 0 saturated carbocycles. The highest BCUT2D eigenvalue weighted by Gasteiger charge is 2.19. The van der Waals surface area contributed by atoms with Crippen LogP contribution in [0.1, 0.15) is 29.9 Å². The summed E-state index contributed by atoms with van der Waals surface area (Å²) in [7, 11) is 0. The maximum Gasteiger partial charge on any atom is 0.233 e. The molecule has 2 rings (SSSR count). The van der Waals surface area contributed by atoms with Crippen molar-refractivity contribution in [3.8, 4) is 15.8 Å². The van der Waals surface area contributed by atoms with Crippen molar-refractivity contribution in [3.05, 3.63) is 22.4 Å². The number of aromatic nitrogens is 1. The van der Waals surface area contributed by atoms with Crippen LogP contribution in [-0.4, -0.2) is 15.9 Å². The summed E-state index contributed by atoms with van der Waals surface area (Å²) in [6.07, 6.45) is 0.444. The van der Waals surface area contributed by atoms with Crippen LogP contribution in [0.5, 0.6) is 5.88 Å². The van der Waals surface area contributed by atoms with Crippen LogP contribution in [-0.2, 0) is 0 Å². The third kappa shape index (κ3) is 2.73. The van der Waals surface area contributed by atoms with E-state index in [1.807, 2.05) is 31.4 Å². The molecule has 5 heteroatoms. The van der Waals surface area contributed by atoms with Gasteiger partial charge in [0.2, 0.25) is 5.88 Å². The van der Waals surface area contributed by atoms with Crippen molar-refractivity contribution in [2.45, 2.75) is 20.3 Å². The molecular formula is C12H13NO2S2. The van der Waals surface area contributed by atoms with Gasteiger partial charge in [0.25, 0.3) is 0 Å². The number of aromatic hydroxyl groups is 1. The average Bonchev–Trinajstić information content (AvgIpc) is 2.84. The van der Waals surface area contributed by atoms with Crippen molar-refractivity contribution < 1.29 is 9.90 Å². The molecule has 0 amide bonds. The molecule has 0 spiro atoms. The summed E-state index contributed by atoms with van der Waals surface area (Å²) in [4.78, 5) is 17.3. The highest BCUT2D eigenvalue weighted by atomic mass is 32.1. The van der Waals surface area contributed by atoms with E-state index >= 15 is 0 Å². The first-order chi connectivity index (χ1) is 8.08. The van der Waals surface area contributed by atoms with E-state index in [0.717, 1.165) is 4.88 Å². The van der Waals surface area contributed by atoms with Crippen LogP contribution in [0.3, 0.4) is 0 Å². The van der Waals surface area contributed by atoms with Gasteiger partial charge < -0.3 is 5.11 Å². The number of Topliss-reactive ketones (excluding diaryl/α,β-unsaturated/α-hetero) is 1. The van der Waals surface area contributed by atoms with Gasteiger partial charge in [0, 0.05) is 6.42 Å². The molecular weight excluding hydrogens is 254 g/mol. The fraction of sp³-hybridized carbons (Fsp3) is 0.333. The first-order valence-corrected chi connectivity index (χ1v) is 7.04. The molecule has 0 radical (unpaired) electrons. The molecule has 1 N–H and O–H groups in total. The Bertz CT molecular complexity index is 515.